The molecule has 2 rings (SSSR count). The van der Waals surface area contributed by atoms with Gasteiger partial charge in [0.2, 0.25) is 0 Å². The summed E-state index contributed by atoms with van der Waals surface area (Å²) in [7, 11) is 0. The summed E-state index contributed by atoms with van der Waals surface area (Å²) in [6, 6.07) is 1.58. The first-order valence-electron chi connectivity index (χ1n) is 5.74. The predicted molar refractivity (Wildman–Crippen MR) is 66.1 cm³/mol. The number of nitro groups is 1. The molecule has 1 heterocycles. The molecule has 2 N–H and O–H groups in total. The molecule has 5 nitrogen and oxygen atoms in total. The first kappa shape index (κ1) is 12.5. The third-order valence-electron chi connectivity index (χ3n) is 3.14. The molecule has 0 spiro atoms. The van der Waals surface area contributed by atoms with E-state index in [-0.39, 0.29) is 9.92 Å². The van der Waals surface area contributed by atoms with Crippen molar-refractivity contribution >= 4 is 16.3 Å². The Balaban J connectivity index is 1.79. The van der Waals surface area contributed by atoms with Gasteiger partial charge in [-0.1, -0.05) is 24.2 Å². The van der Waals surface area contributed by atoms with E-state index < -0.39 is 5.60 Å². The largest absolute Gasteiger partial charge is 0.389 e. The minimum absolute atomic E-state index is 0.168. The van der Waals surface area contributed by atoms with Gasteiger partial charge in [-0.05, 0) is 18.4 Å². The number of hydrogen-bond donors (Lipinski definition) is 2. The Hall–Kier alpha value is -0.980. The monoisotopic (exact) mass is 256 g/mol. The van der Waals surface area contributed by atoms with E-state index in [0.29, 0.717) is 13.1 Å². The van der Waals surface area contributed by atoms with Crippen molar-refractivity contribution in [3.05, 3.63) is 27.1 Å². The molecule has 1 saturated carbocycles. The third-order valence-corrected chi connectivity index (χ3v) is 4.07. The van der Waals surface area contributed by atoms with Crippen molar-refractivity contribution < 1.29 is 10.0 Å². The first-order chi connectivity index (χ1) is 8.09. The van der Waals surface area contributed by atoms with E-state index >= 15 is 0 Å². The molecule has 1 aliphatic carbocycles. The maximum atomic E-state index is 10.5. The van der Waals surface area contributed by atoms with Crippen LogP contribution in [0.3, 0.4) is 0 Å². The van der Waals surface area contributed by atoms with Gasteiger partial charge in [0.15, 0.2) is 0 Å². The molecule has 17 heavy (non-hydrogen) atoms. The number of nitrogens with zero attached hydrogens (tertiary/aromatic N) is 1. The fourth-order valence-corrected chi connectivity index (χ4v) is 2.93. The highest BCUT2D eigenvalue weighted by Crippen LogP contribution is 2.29. The lowest BCUT2D eigenvalue weighted by atomic mass is 10.0. The molecule has 0 amide bonds. The third kappa shape index (κ3) is 3.24. The predicted octanol–water partition coefficient (Wildman–Crippen LogP) is 2.05. The lowest BCUT2D eigenvalue weighted by Gasteiger charge is -2.22. The molecule has 1 fully saturated rings. The van der Waals surface area contributed by atoms with Crippen molar-refractivity contribution in [3.8, 4) is 0 Å². The molecule has 0 radical (unpaired) electrons. The number of thiophene rings is 1. The highest BCUT2D eigenvalue weighted by atomic mass is 32.1. The molecule has 0 saturated heterocycles. The normalized spacial score (nSPS) is 18.4. The van der Waals surface area contributed by atoms with Crippen LogP contribution in [0.15, 0.2) is 11.4 Å². The van der Waals surface area contributed by atoms with Gasteiger partial charge >= 0.3 is 5.00 Å². The van der Waals surface area contributed by atoms with Crippen LogP contribution < -0.4 is 5.32 Å². The van der Waals surface area contributed by atoms with Crippen LogP contribution in [0, 0.1) is 10.1 Å². The summed E-state index contributed by atoms with van der Waals surface area (Å²) in [5, 5.41) is 25.7. The minimum atomic E-state index is -0.568. The fraction of sp³-hybridized carbons (Fsp3) is 0.636. The second-order valence-corrected chi connectivity index (χ2v) is 5.47. The van der Waals surface area contributed by atoms with Gasteiger partial charge in [-0.3, -0.25) is 10.1 Å². The van der Waals surface area contributed by atoms with Crippen LogP contribution in [0.1, 0.15) is 31.2 Å². The molecule has 94 valence electrons. The number of aliphatic hydroxyl groups is 1. The molecule has 1 aromatic heterocycles. The van der Waals surface area contributed by atoms with Gasteiger partial charge in [-0.2, -0.15) is 0 Å². The van der Waals surface area contributed by atoms with Crippen LogP contribution in [0.2, 0.25) is 0 Å². The number of rotatable bonds is 5. The zero-order valence-corrected chi connectivity index (χ0v) is 10.3. The summed E-state index contributed by atoms with van der Waals surface area (Å²) >= 11 is 1.14. The summed E-state index contributed by atoms with van der Waals surface area (Å²) in [5.74, 6) is 0. The van der Waals surface area contributed by atoms with E-state index in [4.69, 9.17) is 0 Å². The van der Waals surface area contributed by atoms with E-state index in [2.05, 4.69) is 5.32 Å². The summed E-state index contributed by atoms with van der Waals surface area (Å²) in [5.41, 5.74) is 0.338. The zero-order valence-electron chi connectivity index (χ0n) is 9.52. The molecule has 6 heteroatoms. The topological polar surface area (TPSA) is 75.4 Å². The molecule has 0 bridgehead atoms. The SMILES string of the molecule is O=[N+]([O-])c1cc(CNCC2(O)CCCC2)cs1. The molecule has 0 aliphatic heterocycles. The lowest BCUT2D eigenvalue weighted by Crippen LogP contribution is -2.37. The molecule has 0 unspecified atom stereocenters. The van der Waals surface area contributed by atoms with Crippen LogP contribution in [0.25, 0.3) is 0 Å². The van der Waals surface area contributed by atoms with Crippen LogP contribution in [0.5, 0.6) is 0 Å². The van der Waals surface area contributed by atoms with Gasteiger partial charge in [0.25, 0.3) is 0 Å². The van der Waals surface area contributed by atoms with Gasteiger partial charge in [-0.25, -0.2) is 0 Å². The zero-order chi connectivity index (χ0) is 12.3. The molecule has 0 aromatic carbocycles. The average molecular weight is 256 g/mol. The Bertz CT molecular complexity index is 399. The number of nitrogens with one attached hydrogen (secondary N) is 1. The Kier molecular flexibility index (Phi) is 3.76. The van der Waals surface area contributed by atoms with E-state index in [0.717, 1.165) is 42.6 Å². The summed E-state index contributed by atoms with van der Waals surface area (Å²) in [6.07, 6.45) is 3.87. The number of hydrogen-bond acceptors (Lipinski definition) is 5. The van der Waals surface area contributed by atoms with Gasteiger partial charge in [0, 0.05) is 24.5 Å². The smallest absolute Gasteiger partial charge is 0.324 e. The van der Waals surface area contributed by atoms with Crippen molar-refractivity contribution in [2.75, 3.05) is 6.54 Å². The second kappa shape index (κ2) is 5.12. The van der Waals surface area contributed by atoms with Crippen molar-refractivity contribution in [2.45, 2.75) is 37.8 Å². The molecular weight excluding hydrogens is 240 g/mol. The van der Waals surface area contributed by atoms with Crippen molar-refractivity contribution in [1.29, 1.82) is 0 Å². The molecule has 0 atom stereocenters. The summed E-state index contributed by atoms with van der Waals surface area (Å²) < 4.78 is 0. The van der Waals surface area contributed by atoms with Crippen LogP contribution in [0.4, 0.5) is 5.00 Å². The average Bonchev–Trinajstić information content (AvgIpc) is 2.88. The Morgan fingerprint density at radius 1 is 1.53 bits per heavy atom. The minimum Gasteiger partial charge on any atom is -0.389 e. The highest BCUT2D eigenvalue weighted by Gasteiger charge is 2.30. The summed E-state index contributed by atoms with van der Waals surface area (Å²) in [4.78, 5) is 10.1. The quantitative estimate of drug-likeness (QED) is 0.624. The Morgan fingerprint density at radius 3 is 2.82 bits per heavy atom. The molecule has 1 aliphatic rings. The van der Waals surface area contributed by atoms with Gasteiger partial charge in [0.05, 0.1) is 10.5 Å². The second-order valence-electron chi connectivity index (χ2n) is 4.59. The van der Waals surface area contributed by atoms with Gasteiger partial charge < -0.3 is 10.4 Å². The van der Waals surface area contributed by atoms with Gasteiger partial charge in [-0.15, -0.1) is 0 Å². The van der Waals surface area contributed by atoms with E-state index in [1.165, 1.54) is 0 Å². The van der Waals surface area contributed by atoms with Crippen molar-refractivity contribution in [2.24, 2.45) is 0 Å². The van der Waals surface area contributed by atoms with Crippen LogP contribution >= 0.6 is 11.3 Å². The standard InChI is InChI=1S/C11H16N2O3S/c14-11(3-1-2-4-11)8-12-6-9-5-10(13(15)16)17-7-9/h5,7,12,14H,1-4,6,8H2. The summed E-state index contributed by atoms with van der Waals surface area (Å²) in [6.45, 7) is 1.14. The Labute approximate surface area is 104 Å². The van der Waals surface area contributed by atoms with Crippen molar-refractivity contribution in [1.82, 2.24) is 5.32 Å². The molecular formula is C11H16N2O3S. The van der Waals surface area contributed by atoms with Crippen LogP contribution in [-0.2, 0) is 6.54 Å². The first-order valence-corrected chi connectivity index (χ1v) is 6.62. The van der Waals surface area contributed by atoms with Gasteiger partial charge in [0.1, 0.15) is 0 Å². The van der Waals surface area contributed by atoms with Crippen molar-refractivity contribution in [3.63, 3.8) is 0 Å². The maximum Gasteiger partial charge on any atom is 0.324 e. The van der Waals surface area contributed by atoms with Crippen LogP contribution in [-0.4, -0.2) is 22.2 Å². The van der Waals surface area contributed by atoms with E-state index in [1.54, 1.807) is 11.4 Å². The lowest BCUT2D eigenvalue weighted by molar-refractivity contribution is -0.380. The Morgan fingerprint density at radius 2 is 2.24 bits per heavy atom. The van der Waals surface area contributed by atoms with E-state index in [1.807, 2.05) is 0 Å². The van der Waals surface area contributed by atoms with E-state index in [9.17, 15) is 15.2 Å². The maximum absolute atomic E-state index is 10.5. The molecule has 1 aromatic rings. The highest BCUT2D eigenvalue weighted by molar-refractivity contribution is 7.13. The fourth-order valence-electron chi connectivity index (χ4n) is 2.20.